The predicted octanol–water partition coefficient (Wildman–Crippen LogP) is 1.63. The largest absolute Gasteiger partial charge is 0.396 e. The third kappa shape index (κ3) is 4.24. The highest BCUT2D eigenvalue weighted by Crippen LogP contribution is 2.23. The second kappa shape index (κ2) is 7.55. The standard InChI is InChI=1S/C13H22N2O3S/c1-8(12-9(2)15-18-10(12)3)13(17)14-11(5-6-16)7-19-4/h8,11,16H,5-7H2,1-4H3,(H,14,17). The molecule has 0 spiro atoms. The van der Waals surface area contributed by atoms with Crippen LogP contribution in [0.2, 0.25) is 0 Å². The molecule has 5 nitrogen and oxygen atoms in total. The lowest BCUT2D eigenvalue weighted by atomic mass is 9.98. The van der Waals surface area contributed by atoms with Crippen molar-refractivity contribution in [2.75, 3.05) is 18.6 Å². The van der Waals surface area contributed by atoms with E-state index in [1.807, 2.05) is 27.0 Å². The molecule has 0 saturated carbocycles. The molecule has 0 bridgehead atoms. The quantitative estimate of drug-likeness (QED) is 0.796. The molecule has 1 aromatic rings. The van der Waals surface area contributed by atoms with Crippen molar-refractivity contribution in [3.05, 3.63) is 17.0 Å². The first-order valence-electron chi connectivity index (χ1n) is 6.34. The molecular formula is C13H22N2O3S. The number of carbonyl (C=O) groups excluding carboxylic acids is 1. The van der Waals surface area contributed by atoms with Gasteiger partial charge in [0.25, 0.3) is 0 Å². The molecule has 108 valence electrons. The van der Waals surface area contributed by atoms with E-state index < -0.39 is 0 Å². The second-order valence-electron chi connectivity index (χ2n) is 4.63. The lowest BCUT2D eigenvalue weighted by Crippen LogP contribution is -2.39. The van der Waals surface area contributed by atoms with Gasteiger partial charge in [-0.2, -0.15) is 11.8 Å². The van der Waals surface area contributed by atoms with E-state index in [1.54, 1.807) is 11.8 Å². The molecule has 1 amide bonds. The summed E-state index contributed by atoms with van der Waals surface area (Å²) in [6.07, 6.45) is 2.55. The number of nitrogens with zero attached hydrogens (tertiary/aromatic N) is 1. The van der Waals surface area contributed by atoms with Crippen LogP contribution in [0.15, 0.2) is 4.52 Å². The Kier molecular flexibility index (Phi) is 6.37. The van der Waals surface area contributed by atoms with E-state index in [2.05, 4.69) is 10.5 Å². The molecule has 1 rings (SSSR count). The predicted molar refractivity (Wildman–Crippen MR) is 76.4 cm³/mol. The Morgan fingerprint density at radius 2 is 2.21 bits per heavy atom. The highest BCUT2D eigenvalue weighted by Gasteiger charge is 2.24. The van der Waals surface area contributed by atoms with E-state index in [1.165, 1.54) is 0 Å². The molecule has 0 radical (unpaired) electrons. The highest BCUT2D eigenvalue weighted by molar-refractivity contribution is 7.98. The number of amides is 1. The Hall–Kier alpha value is -1.01. The fraction of sp³-hybridized carbons (Fsp3) is 0.692. The molecule has 0 fully saturated rings. The van der Waals surface area contributed by atoms with Gasteiger partial charge >= 0.3 is 0 Å². The van der Waals surface area contributed by atoms with E-state index in [0.717, 1.165) is 17.0 Å². The first-order valence-corrected chi connectivity index (χ1v) is 7.73. The summed E-state index contributed by atoms with van der Waals surface area (Å²) in [5, 5.41) is 15.8. The van der Waals surface area contributed by atoms with Crippen LogP contribution in [0.1, 0.15) is 36.3 Å². The third-order valence-electron chi connectivity index (χ3n) is 3.11. The van der Waals surface area contributed by atoms with Crippen LogP contribution in [-0.2, 0) is 4.79 Å². The van der Waals surface area contributed by atoms with Gasteiger partial charge in [0, 0.05) is 24.0 Å². The minimum Gasteiger partial charge on any atom is -0.396 e. The van der Waals surface area contributed by atoms with Crippen LogP contribution in [0.4, 0.5) is 0 Å². The van der Waals surface area contributed by atoms with E-state index in [-0.39, 0.29) is 24.5 Å². The maximum atomic E-state index is 12.2. The molecule has 19 heavy (non-hydrogen) atoms. The van der Waals surface area contributed by atoms with Crippen LogP contribution in [-0.4, -0.2) is 40.8 Å². The molecule has 0 aliphatic rings. The lowest BCUT2D eigenvalue weighted by Gasteiger charge is -2.19. The minimum atomic E-state index is -0.297. The van der Waals surface area contributed by atoms with E-state index >= 15 is 0 Å². The second-order valence-corrected chi connectivity index (χ2v) is 5.54. The summed E-state index contributed by atoms with van der Waals surface area (Å²) in [7, 11) is 0. The van der Waals surface area contributed by atoms with Crippen molar-refractivity contribution in [3.8, 4) is 0 Å². The van der Waals surface area contributed by atoms with Gasteiger partial charge in [-0.05, 0) is 33.4 Å². The molecule has 0 saturated heterocycles. The van der Waals surface area contributed by atoms with E-state index in [4.69, 9.17) is 9.63 Å². The number of aromatic nitrogens is 1. The number of aliphatic hydroxyl groups excluding tert-OH is 1. The van der Waals surface area contributed by atoms with Crippen molar-refractivity contribution in [3.63, 3.8) is 0 Å². The van der Waals surface area contributed by atoms with Gasteiger partial charge in [0.15, 0.2) is 0 Å². The fourth-order valence-electron chi connectivity index (χ4n) is 2.12. The van der Waals surface area contributed by atoms with Crippen molar-refractivity contribution in [1.82, 2.24) is 10.5 Å². The SMILES string of the molecule is CSCC(CCO)NC(=O)C(C)c1c(C)noc1C. The van der Waals surface area contributed by atoms with Crippen LogP contribution in [0.25, 0.3) is 0 Å². The molecule has 0 aromatic carbocycles. The monoisotopic (exact) mass is 286 g/mol. The summed E-state index contributed by atoms with van der Waals surface area (Å²) in [5.41, 5.74) is 1.60. The molecule has 1 aromatic heterocycles. The smallest absolute Gasteiger partial charge is 0.227 e. The van der Waals surface area contributed by atoms with Crippen molar-refractivity contribution < 1.29 is 14.4 Å². The van der Waals surface area contributed by atoms with E-state index in [0.29, 0.717) is 12.2 Å². The molecule has 2 unspecified atom stereocenters. The Labute approximate surface area is 118 Å². The molecular weight excluding hydrogens is 264 g/mol. The van der Waals surface area contributed by atoms with Crippen LogP contribution in [0, 0.1) is 13.8 Å². The van der Waals surface area contributed by atoms with Gasteiger partial charge in [0.05, 0.1) is 11.6 Å². The van der Waals surface area contributed by atoms with Gasteiger partial charge in [-0.15, -0.1) is 0 Å². The Balaban J connectivity index is 2.71. The number of thioether (sulfide) groups is 1. The Morgan fingerprint density at radius 1 is 1.53 bits per heavy atom. The third-order valence-corrected chi connectivity index (χ3v) is 3.84. The molecule has 6 heteroatoms. The van der Waals surface area contributed by atoms with Crippen molar-refractivity contribution in [2.45, 2.75) is 39.2 Å². The average molecular weight is 286 g/mol. The summed E-state index contributed by atoms with van der Waals surface area (Å²) < 4.78 is 5.09. The number of aliphatic hydroxyl groups is 1. The summed E-state index contributed by atoms with van der Waals surface area (Å²) >= 11 is 1.65. The minimum absolute atomic E-state index is 0.00424. The van der Waals surface area contributed by atoms with Gasteiger partial charge in [-0.1, -0.05) is 5.16 Å². The number of nitrogens with one attached hydrogen (secondary N) is 1. The maximum absolute atomic E-state index is 12.2. The van der Waals surface area contributed by atoms with Crippen molar-refractivity contribution >= 4 is 17.7 Å². The van der Waals surface area contributed by atoms with Gasteiger partial charge in [-0.3, -0.25) is 4.79 Å². The van der Waals surface area contributed by atoms with Crippen molar-refractivity contribution in [1.29, 1.82) is 0 Å². The van der Waals surface area contributed by atoms with Crippen LogP contribution in [0.3, 0.4) is 0 Å². The Bertz CT molecular complexity index is 395. The zero-order valence-electron chi connectivity index (χ0n) is 11.9. The normalized spacial score (nSPS) is 14.2. The number of carbonyl (C=O) groups is 1. The highest BCUT2D eigenvalue weighted by atomic mass is 32.2. The number of hydrogen-bond donors (Lipinski definition) is 2. The zero-order valence-corrected chi connectivity index (χ0v) is 12.7. The van der Waals surface area contributed by atoms with Crippen molar-refractivity contribution in [2.24, 2.45) is 0 Å². The van der Waals surface area contributed by atoms with Gasteiger partial charge in [-0.25, -0.2) is 0 Å². The Morgan fingerprint density at radius 3 is 2.68 bits per heavy atom. The van der Waals surface area contributed by atoms with Gasteiger partial charge < -0.3 is 14.9 Å². The molecule has 0 aliphatic carbocycles. The summed E-state index contributed by atoms with van der Waals surface area (Å²) in [4.78, 5) is 12.2. The van der Waals surface area contributed by atoms with Crippen LogP contribution < -0.4 is 5.32 Å². The molecule has 2 N–H and O–H groups in total. The summed E-state index contributed by atoms with van der Waals surface area (Å²) in [6, 6.07) is -0.00424. The maximum Gasteiger partial charge on any atom is 0.227 e. The number of aryl methyl sites for hydroxylation is 2. The van der Waals surface area contributed by atoms with Crippen LogP contribution in [0.5, 0.6) is 0 Å². The zero-order chi connectivity index (χ0) is 14.4. The van der Waals surface area contributed by atoms with Crippen LogP contribution >= 0.6 is 11.8 Å². The first kappa shape index (κ1) is 16.0. The first-order chi connectivity index (χ1) is 9.01. The van der Waals surface area contributed by atoms with E-state index in [9.17, 15) is 4.79 Å². The summed E-state index contributed by atoms with van der Waals surface area (Å²) in [6.45, 7) is 5.57. The van der Waals surface area contributed by atoms with Gasteiger partial charge in [0.1, 0.15) is 5.76 Å². The molecule has 0 aliphatic heterocycles. The molecule has 2 atom stereocenters. The van der Waals surface area contributed by atoms with Gasteiger partial charge in [0.2, 0.25) is 5.91 Å². The molecule has 1 heterocycles. The average Bonchev–Trinajstić information content (AvgIpc) is 2.69. The number of rotatable bonds is 7. The summed E-state index contributed by atoms with van der Waals surface area (Å²) in [5.74, 6) is 1.13. The number of hydrogen-bond acceptors (Lipinski definition) is 5. The topological polar surface area (TPSA) is 75.4 Å². The lowest BCUT2D eigenvalue weighted by molar-refractivity contribution is -0.122. The fourth-order valence-corrected chi connectivity index (χ4v) is 2.77.